The number of anilines is 1. The average Bonchev–Trinajstić information content (AvgIpc) is 3.19. The second kappa shape index (κ2) is 7.98. The van der Waals surface area contributed by atoms with Crippen molar-refractivity contribution in [3.05, 3.63) is 35.3 Å². The maximum absolute atomic E-state index is 14.5. The van der Waals surface area contributed by atoms with E-state index in [4.69, 9.17) is 9.47 Å². The van der Waals surface area contributed by atoms with Crippen molar-refractivity contribution in [2.24, 2.45) is 0 Å². The lowest BCUT2D eigenvalue weighted by molar-refractivity contribution is 0.0490. The van der Waals surface area contributed by atoms with Crippen LogP contribution in [-0.4, -0.2) is 53.7 Å². The van der Waals surface area contributed by atoms with Crippen LogP contribution in [-0.2, 0) is 4.74 Å². The molecule has 0 aliphatic carbocycles. The Bertz CT molecular complexity index is 852. The van der Waals surface area contributed by atoms with Gasteiger partial charge in [0.15, 0.2) is 0 Å². The number of methoxy groups -OCH3 is 1. The minimum absolute atomic E-state index is 0.180. The lowest BCUT2D eigenvalue weighted by Gasteiger charge is -2.23. The Morgan fingerprint density at radius 3 is 2.71 bits per heavy atom. The quantitative estimate of drug-likeness (QED) is 0.762. The van der Waals surface area contributed by atoms with Gasteiger partial charge in [-0.15, -0.1) is 0 Å². The predicted octanol–water partition coefficient (Wildman–Crippen LogP) is 3.69. The maximum atomic E-state index is 14.5. The van der Waals surface area contributed by atoms with Crippen molar-refractivity contribution in [2.45, 2.75) is 38.6 Å². The number of carbonyl (C=O) groups is 1. The minimum atomic E-state index is -1.19. The smallest absolute Gasteiger partial charge is 0.408 e. The number of imidazole rings is 1. The summed E-state index contributed by atoms with van der Waals surface area (Å²) < 4.78 is 27.8. The van der Waals surface area contributed by atoms with Crippen molar-refractivity contribution in [1.29, 1.82) is 0 Å². The van der Waals surface area contributed by atoms with E-state index in [1.807, 2.05) is 33.9 Å². The number of amides is 1. The monoisotopic (exact) mass is 454 g/mol. The molecule has 2 heterocycles. The highest BCUT2D eigenvalue weighted by molar-refractivity contribution is 9.10. The number of ether oxygens (including phenoxy) is 2. The van der Waals surface area contributed by atoms with E-state index in [9.17, 15) is 9.18 Å². The van der Waals surface area contributed by atoms with E-state index in [0.29, 0.717) is 12.3 Å². The number of hydrogen-bond donors (Lipinski definition) is 1. The molecule has 0 saturated carbocycles. The Morgan fingerprint density at radius 1 is 1.36 bits per heavy atom. The fourth-order valence-electron chi connectivity index (χ4n) is 3.08. The largest absolute Gasteiger partial charge is 0.494 e. The first kappa shape index (κ1) is 20.4. The fourth-order valence-corrected chi connectivity index (χ4v) is 3.39. The maximum Gasteiger partial charge on any atom is 0.408 e. The zero-order valence-corrected chi connectivity index (χ0v) is 17.9. The van der Waals surface area contributed by atoms with E-state index < -0.39 is 23.9 Å². The molecule has 2 atom stereocenters. The van der Waals surface area contributed by atoms with Crippen molar-refractivity contribution in [3.8, 4) is 11.4 Å². The molecule has 0 radical (unpaired) electrons. The third kappa shape index (κ3) is 4.76. The second-order valence-corrected chi connectivity index (χ2v) is 8.45. The molecule has 1 aromatic heterocycles. The number of alkyl carbamates (subject to hydrolysis) is 1. The Balaban J connectivity index is 1.73. The van der Waals surface area contributed by atoms with Crippen LogP contribution in [0.25, 0.3) is 5.69 Å². The number of aromatic nitrogens is 2. The van der Waals surface area contributed by atoms with Gasteiger partial charge in [0.25, 0.3) is 0 Å². The van der Waals surface area contributed by atoms with Crippen molar-refractivity contribution < 1.29 is 18.7 Å². The zero-order valence-electron chi connectivity index (χ0n) is 16.3. The number of rotatable bonds is 4. The summed E-state index contributed by atoms with van der Waals surface area (Å²) in [5.41, 5.74) is 1.01. The van der Waals surface area contributed by atoms with Gasteiger partial charge in [-0.3, -0.25) is 0 Å². The summed E-state index contributed by atoms with van der Waals surface area (Å²) in [5, 5.41) is 2.63. The molecule has 1 aliphatic rings. The number of alkyl halides is 1. The van der Waals surface area contributed by atoms with Crippen LogP contribution in [0.3, 0.4) is 0 Å². The number of carbonyl (C=O) groups excluding carboxylic acids is 1. The molecule has 0 unspecified atom stereocenters. The molecule has 1 fully saturated rings. The van der Waals surface area contributed by atoms with Crippen LogP contribution < -0.4 is 15.0 Å². The molecule has 9 heteroatoms. The molecular formula is C19H24BrFN4O3. The van der Waals surface area contributed by atoms with Crippen LogP contribution in [0.5, 0.6) is 5.75 Å². The highest BCUT2D eigenvalue weighted by Crippen LogP contribution is 2.31. The lowest BCUT2D eigenvalue weighted by Crippen LogP contribution is -2.44. The van der Waals surface area contributed by atoms with Crippen molar-refractivity contribution in [1.82, 2.24) is 14.9 Å². The summed E-state index contributed by atoms with van der Waals surface area (Å²) in [4.78, 5) is 18.0. The molecule has 1 saturated heterocycles. The van der Waals surface area contributed by atoms with Gasteiger partial charge in [0.1, 0.15) is 28.5 Å². The van der Waals surface area contributed by atoms with Gasteiger partial charge in [0, 0.05) is 24.5 Å². The average molecular weight is 455 g/mol. The van der Waals surface area contributed by atoms with Crippen LogP contribution in [0.15, 0.2) is 35.3 Å². The number of nitrogens with zero attached hydrogens (tertiary/aromatic N) is 3. The van der Waals surface area contributed by atoms with Crippen molar-refractivity contribution >= 4 is 27.7 Å². The van der Waals surface area contributed by atoms with E-state index in [1.165, 1.54) is 0 Å². The SMILES string of the molecule is COc1cc(N2C[C@@H](F)[C@@H](NC(=O)OC(C)(C)C)C2)ccc1-n1cnc(Br)c1. The summed E-state index contributed by atoms with van der Waals surface area (Å²) in [5.74, 6) is 0.640. The molecule has 3 rings (SSSR count). The fraction of sp³-hybridized carbons (Fsp3) is 0.474. The van der Waals surface area contributed by atoms with Crippen LogP contribution in [0.2, 0.25) is 0 Å². The van der Waals surface area contributed by atoms with Crippen molar-refractivity contribution in [3.63, 3.8) is 0 Å². The van der Waals surface area contributed by atoms with Gasteiger partial charge in [-0.1, -0.05) is 0 Å². The number of benzene rings is 1. The van der Waals surface area contributed by atoms with E-state index in [0.717, 1.165) is 16.0 Å². The van der Waals surface area contributed by atoms with Gasteiger partial charge in [-0.25, -0.2) is 14.2 Å². The molecular weight excluding hydrogens is 431 g/mol. The topological polar surface area (TPSA) is 68.6 Å². The zero-order chi connectivity index (χ0) is 20.5. The van der Waals surface area contributed by atoms with Gasteiger partial charge < -0.3 is 24.3 Å². The van der Waals surface area contributed by atoms with Gasteiger partial charge in [0.05, 0.1) is 25.4 Å². The van der Waals surface area contributed by atoms with Crippen LogP contribution in [0.4, 0.5) is 14.9 Å². The van der Waals surface area contributed by atoms with E-state index in [-0.39, 0.29) is 6.54 Å². The Kier molecular flexibility index (Phi) is 5.83. The van der Waals surface area contributed by atoms with Crippen LogP contribution >= 0.6 is 15.9 Å². The summed E-state index contributed by atoms with van der Waals surface area (Å²) in [7, 11) is 1.59. The van der Waals surface area contributed by atoms with E-state index in [2.05, 4.69) is 26.2 Å². The molecule has 7 nitrogen and oxygen atoms in total. The first-order chi connectivity index (χ1) is 13.2. The van der Waals surface area contributed by atoms with E-state index >= 15 is 0 Å². The third-order valence-corrected chi connectivity index (χ3v) is 4.72. The van der Waals surface area contributed by atoms with Gasteiger partial charge in [0.2, 0.25) is 0 Å². The second-order valence-electron chi connectivity index (χ2n) is 7.63. The predicted molar refractivity (Wildman–Crippen MR) is 108 cm³/mol. The summed E-state index contributed by atoms with van der Waals surface area (Å²) in [6.45, 7) is 5.84. The first-order valence-corrected chi connectivity index (χ1v) is 9.72. The third-order valence-electron chi connectivity index (χ3n) is 4.31. The first-order valence-electron chi connectivity index (χ1n) is 8.93. The molecule has 28 heavy (non-hydrogen) atoms. The van der Waals surface area contributed by atoms with Crippen molar-refractivity contribution in [2.75, 3.05) is 25.1 Å². The lowest BCUT2D eigenvalue weighted by atomic mass is 10.2. The minimum Gasteiger partial charge on any atom is -0.494 e. The normalized spacial score (nSPS) is 19.6. The van der Waals surface area contributed by atoms with E-state index in [1.54, 1.807) is 34.2 Å². The standard InChI is InChI=1S/C19H24BrFN4O3/c1-19(2,3)28-18(26)23-14-9-24(8-13(14)21)12-5-6-15(16(7-12)27-4)25-10-17(20)22-11-25/h5-7,10-11,13-14H,8-9H2,1-4H3,(H,23,26)/t13-,14+/m1/s1. The van der Waals surface area contributed by atoms with Gasteiger partial charge >= 0.3 is 6.09 Å². The van der Waals surface area contributed by atoms with Gasteiger partial charge in [-0.05, 0) is 48.8 Å². The summed E-state index contributed by atoms with van der Waals surface area (Å²) >= 11 is 3.33. The number of hydrogen-bond acceptors (Lipinski definition) is 5. The molecule has 0 bridgehead atoms. The molecule has 1 aromatic carbocycles. The highest BCUT2D eigenvalue weighted by Gasteiger charge is 2.35. The number of halogens is 2. The Morgan fingerprint density at radius 2 is 2.11 bits per heavy atom. The highest BCUT2D eigenvalue weighted by atomic mass is 79.9. The molecule has 0 spiro atoms. The van der Waals surface area contributed by atoms with Crippen LogP contribution in [0, 0.1) is 0 Å². The Labute approximate surface area is 172 Å². The summed E-state index contributed by atoms with van der Waals surface area (Å²) in [6, 6.07) is 5.01. The molecule has 152 valence electrons. The molecule has 1 N–H and O–H groups in total. The molecule has 2 aromatic rings. The molecule has 1 amide bonds. The number of nitrogens with one attached hydrogen (secondary N) is 1. The van der Waals surface area contributed by atoms with Gasteiger partial charge in [-0.2, -0.15) is 0 Å². The summed E-state index contributed by atoms with van der Waals surface area (Å²) in [6.07, 6.45) is 1.70. The molecule has 1 aliphatic heterocycles. The van der Waals surface area contributed by atoms with Crippen LogP contribution in [0.1, 0.15) is 20.8 Å². The Hall–Kier alpha value is -2.29.